The molecular weight excluding hydrogens is 202 g/mol. The van der Waals surface area contributed by atoms with Gasteiger partial charge < -0.3 is 9.64 Å². The van der Waals surface area contributed by atoms with E-state index >= 15 is 0 Å². The molecule has 0 aliphatic carbocycles. The largest absolute Gasteiger partial charge is 0.462 e. The molecule has 0 aliphatic rings. The van der Waals surface area contributed by atoms with E-state index < -0.39 is 0 Å². The summed E-state index contributed by atoms with van der Waals surface area (Å²) in [5.41, 5.74) is 0. The molecule has 1 atom stereocenters. The summed E-state index contributed by atoms with van der Waals surface area (Å²) in [6.45, 7) is 12.6. The average molecular weight is 227 g/mol. The zero-order chi connectivity index (χ0) is 12.4. The molecule has 0 aromatic rings. The highest BCUT2D eigenvalue weighted by Gasteiger charge is 2.10. The maximum Gasteiger partial charge on any atom is 0.330 e. The molecule has 0 fully saturated rings. The zero-order valence-electron chi connectivity index (χ0n) is 10.9. The van der Waals surface area contributed by atoms with Gasteiger partial charge >= 0.3 is 5.97 Å². The standard InChI is InChI=1S/C13H25NO2/c1-5-9-14(12(4)6-2)10-8-11-16-13(15)7-3/h7,12H,3,5-6,8-11H2,1-2,4H3. The predicted molar refractivity (Wildman–Crippen MR) is 67.4 cm³/mol. The minimum atomic E-state index is -0.328. The summed E-state index contributed by atoms with van der Waals surface area (Å²) < 4.78 is 4.95. The molecule has 0 N–H and O–H groups in total. The Hall–Kier alpha value is -0.830. The van der Waals surface area contributed by atoms with Crippen LogP contribution in [-0.4, -0.2) is 36.6 Å². The van der Waals surface area contributed by atoms with Crippen LogP contribution in [0.15, 0.2) is 12.7 Å². The number of esters is 1. The smallest absolute Gasteiger partial charge is 0.330 e. The molecule has 0 heterocycles. The SMILES string of the molecule is C=CC(=O)OCCCN(CCC)C(C)CC. The molecule has 0 spiro atoms. The van der Waals surface area contributed by atoms with Crippen molar-refractivity contribution < 1.29 is 9.53 Å². The van der Waals surface area contributed by atoms with Gasteiger partial charge in [0.1, 0.15) is 0 Å². The van der Waals surface area contributed by atoms with Crippen LogP contribution in [0.2, 0.25) is 0 Å². The maximum absolute atomic E-state index is 10.8. The minimum Gasteiger partial charge on any atom is -0.462 e. The Morgan fingerprint density at radius 2 is 2.12 bits per heavy atom. The predicted octanol–water partition coefficient (Wildman–Crippen LogP) is 2.62. The highest BCUT2D eigenvalue weighted by atomic mass is 16.5. The summed E-state index contributed by atoms with van der Waals surface area (Å²) in [5.74, 6) is -0.328. The second kappa shape index (κ2) is 9.40. The van der Waals surface area contributed by atoms with Gasteiger partial charge in [0, 0.05) is 18.7 Å². The van der Waals surface area contributed by atoms with Crippen LogP contribution in [0, 0.1) is 0 Å². The molecule has 0 aromatic heterocycles. The van der Waals surface area contributed by atoms with Gasteiger partial charge in [-0.15, -0.1) is 0 Å². The summed E-state index contributed by atoms with van der Waals surface area (Å²) in [7, 11) is 0. The first-order chi connectivity index (χ1) is 7.65. The van der Waals surface area contributed by atoms with Gasteiger partial charge in [-0.05, 0) is 32.7 Å². The molecule has 3 nitrogen and oxygen atoms in total. The highest BCUT2D eigenvalue weighted by molar-refractivity contribution is 5.81. The Morgan fingerprint density at radius 1 is 1.44 bits per heavy atom. The molecule has 0 aliphatic heterocycles. The lowest BCUT2D eigenvalue weighted by molar-refractivity contribution is -0.137. The minimum absolute atomic E-state index is 0.328. The van der Waals surface area contributed by atoms with Crippen molar-refractivity contribution >= 4 is 5.97 Å². The normalized spacial score (nSPS) is 12.5. The molecule has 94 valence electrons. The molecule has 0 radical (unpaired) electrons. The van der Waals surface area contributed by atoms with Crippen molar-refractivity contribution in [2.45, 2.75) is 46.1 Å². The topological polar surface area (TPSA) is 29.5 Å². The summed E-state index contributed by atoms with van der Waals surface area (Å²) in [6.07, 6.45) is 4.42. The van der Waals surface area contributed by atoms with Crippen LogP contribution in [-0.2, 0) is 9.53 Å². The number of carbonyl (C=O) groups excluding carboxylic acids is 1. The molecule has 16 heavy (non-hydrogen) atoms. The van der Waals surface area contributed by atoms with Gasteiger partial charge in [-0.25, -0.2) is 4.79 Å². The summed E-state index contributed by atoms with van der Waals surface area (Å²) in [6, 6.07) is 0.607. The molecule has 0 saturated carbocycles. The monoisotopic (exact) mass is 227 g/mol. The van der Waals surface area contributed by atoms with Crippen molar-refractivity contribution in [1.29, 1.82) is 0 Å². The molecule has 0 rings (SSSR count). The molecule has 1 unspecified atom stereocenters. The first kappa shape index (κ1) is 15.2. The number of hydrogen-bond acceptors (Lipinski definition) is 3. The van der Waals surface area contributed by atoms with E-state index in [1.54, 1.807) is 0 Å². The van der Waals surface area contributed by atoms with Crippen molar-refractivity contribution in [3.05, 3.63) is 12.7 Å². The van der Waals surface area contributed by atoms with Crippen LogP contribution < -0.4 is 0 Å². The van der Waals surface area contributed by atoms with Gasteiger partial charge in [0.2, 0.25) is 0 Å². The first-order valence-corrected chi connectivity index (χ1v) is 6.18. The number of carbonyl (C=O) groups is 1. The number of ether oxygens (including phenoxy) is 1. The lowest BCUT2D eigenvalue weighted by atomic mass is 10.2. The van der Waals surface area contributed by atoms with Gasteiger partial charge in [0.15, 0.2) is 0 Å². The van der Waals surface area contributed by atoms with E-state index in [-0.39, 0.29) is 5.97 Å². The Balaban J connectivity index is 3.75. The third kappa shape index (κ3) is 6.62. The van der Waals surface area contributed by atoms with Gasteiger partial charge in [-0.3, -0.25) is 0 Å². The van der Waals surface area contributed by atoms with Crippen molar-refractivity contribution in [3.8, 4) is 0 Å². The molecule has 0 bridgehead atoms. The molecule has 3 heteroatoms. The Morgan fingerprint density at radius 3 is 2.62 bits per heavy atom. The number of nitrogens with zero attached hydrogens (tertiary/aromatic N) is 1. The average Bonchev–Trinajstić information content (AvgIpc) is 2.31. The summed E-state index contributed by atoms with van der Waals surface area (Å²) in [5, 5.41) is 0. The molecule has 0 aromatic carbocycles. The third-order valence-corrected chi connectivity index (χ3v) is 2.73. The van der Waals surface area contributed by atoms with Gasteiger partial charge in [0.25, 0.3) is 0 Å². The Labute approximate surface area is 99.5 Å². The molecule has 0 amide bonds. The van der Waals surface area contributed by atoms with Crippen molar-refractivity contribution in [3.63, 3.8) is 0 Å². The third-order valence-electron chi connectivity index (χ3n) is 2.73. The molecular formula is C13H25NO2. The van der Waals surface area contributed by atoms with Gasteiger partial charge in [-0.2, -0.15) is 0 Å². The lowest BCUT2D eigenvalue weighted by Gasteiger charge is -2.27. The Kier molecular flexibility index (Phi) is 8.91. The van der Waals surface area contributed by atoms with Crippen LogP contribution >= 0.6 is 0 Å². The van der Waals surface area contributed by atoms with Crippen LogP contribution in [0.1, 0.15) is 40.0 Å². The van der Waals surface area contributed by atoms with E-state index in [2.05, 4.69) is 32.3 Å². The second-order valence-electron chi connectivity index (χ2n) is 4.02. The van der Waals surface area contributed by atoms with Gasteiger partial charge in [-0.1, -0.05) is 20.4 Å². The van der Waals surface area contributed by atoms with Crippen molar-refractivity contribution in [1.82, 2.24) is 4.90 Å². The van der Waals surface area contributed by atoms with E-state index in [0.29, 0.717) is 12.6 Å². The highest BCUT2D eigenvalue weighted by Crippen LogP contribution is 2.05. The molecule has 0 saturated heterocycles. The summed E-state index contributed by atoms with van der Waals surface area (Å²) in [4.78, 5) is 13.3. The van der Waals surface area contributed by atoms with E-state index in [1.807, 2.05) is 0 Å². The maximum atomic E-state index is 10.8. The zero-order valence-corrected chi connectivity index (χ0v) is 10.9. The van der Waals surface area contributed by atoms with E-state index in [4.69, 9.17) is 4.74 Å². The number of hydrogen-bond donors (Lipinski definition) is 0. The van der Waals surface area contributed by atoms with Gasteiger partial charge in [0.05, 0.1) is 6.61 Å². The fraction of sp³-hybridized carbons (Fsp3) is 0.769. The van der Waals surface area contributed by atoms with Crippen molar-refractivity contribution in [2.24, 2.45) is 0 Å². The summed E-state index contributed by atoms with van der Waals surface area (Å²) >= 11 is 0. The number of rotatable bonds is 9. The lowest BCUT2D eigenvalue weighted by Crippen LogP contribution is -2.34. The van der Waals surface area contributed by atoms with E-state index in [9.17, 15) is 4.79 Å². The van der Waals surface area contributed by atoms with Crippen LogP contribution in [0.25, 0.3) is 0 Å². The first-order valence-electron chi connectivity index (χ1n) is 6.18. The van der Waals surface area contributed by atoms with Crippen LogP contribution in [0.5, 0.6) is 0 Å². The van der Waals surface area contributed by atoms with Crippen LogP contribution in [0.4, 0.5) is 0 Å². The fourth-order valence-corrected chi connectivity index (χ4v) is 1.60. The fourth-order valence-electron chi connectivity index (χ4n) is 1.60. The second-order valence-corrected chi connectivity index (χ2v) is 4.02. The van der Waals surface area contributed by atoms with Crippen LogP contribution in [0.3, 0.4) is 0 Å². The van der Waals surface area contributed by atoms with E-state index in [0.717, 1.165) is 32.4 Å². The quantitative estimate of drug-likeness (QED) is 0.344. The van der Waals surface area contributed by atoms with Crippen molar-refractivity contribution in [2.75, 3.05) is 19.7 Å². The Bertz CT molecular complexity index is 204. The van der Waals surface area contributed by atoms with E-state index in [1.165, 1.54) is 6.08 Å².